The minimum atomic E-state index is -2.02. The number of esters is 1. The zero-order valence-corrected chi connectivity index (χ0v) is 17.7. The van der Waals surface area contributed by atoms with Crippen molar-refractivity contribution >= 4 is 17.5 Å². The molecular weight excluding hydrogens is 394 g/mol. The van der Waals surface area contributed by atoms with Crippen LogP contribution in [0.4, 0.5) is 8.78 Å². The van der Waals surface area contributed by atoms with Crippen LogP contribution in [0.5, 0.6) is 0 Å². The number of alkyl halides is 2. The Morgan fingerprint density at radius 1 is 1.27 bits per heavy atom. The fourth-order valence-corrected chi connectivity index (χ4v) is 7.49. The molecule has 0 heterocycles. The van der Waals surface area contributed by atoms with E-state index in [0.717, 1.165) is 0 Å². The molecule has 0 radical (unpaired) electrons. The number of carbonyl (C=O) groups is 3. The molecule has 8 atom stereocenters. The SMILES string of the molecule is CC(=O)O[C@@H]1C[C@]2(C)[C@@H](C(=O)CO)CC[C@H]2[C@@H]2C[C@H](F)C3=CC(=O)CC[C@]3(C)[C@@]12F. The number of ketones is 2. The summed E-state index contributed by atoms with van der Waals surface area (Å²) in [5.74, 6) is -2.58. The second-order valence-corrected chi connectivity index (χ2v) is 10.1. The summed E-state index contributed by atoms with van der Waals surface area (Å²) in [6.45, 7) is 4.19. The van der Waals surface area contributed by atoms with E-state index in [0.29, 0.717) is 12.8 Å². The van der Waals surface area contributed by atoms with Crippen molar-refractivity contribution in [2.24, 2.45) is 28.6 Å². The van der Waals surface area contributed by atoms with Gasteiger partial charge in [-0.05, 0) is 55.1 Å². The number of halogens is 2. The quantitative estimate of drug-likeness (QED) is 0.704. The van der Waals surface area contributed by atoms with Crippen molar-refractivity contribution < 1.29 is 33.0 Å². The van der Waals surface area contributed by atoms with Crippen LogP contribution in [0, 0.1) is 28.6 Å². The van der Waals surface area contributed by atoms with Gasteiger partial charge in [-0.1, -0.05) is 13.8 Å². The Kier molecular flexibility index (Phi) is 5.00. The maximum atomic E-state index is 17.4. The number of hydrogen-bond acceptors (Lipinski definition) is 5. The Morgan fingerprint density at radius 3 is 2.60 bits per heavy atom. The summed E-state index contributed by atoms with van der Waals surface area (Å²) >= 11 is 0. The first kappa shape index (κ1) is 21.6. The maximum Gasteiger partial charge on any atom is 0.303 e. The summed E-state index contributed by atoms with van der Waals surface area (Å²) in [7, 11) is 0. The Bertz CT molecular complexity index is 824. The molecule has 0 aliphatic heterocycles. The minimum absolute atomic E-state index is 0.0940. The summed E-state index contributed by atoms with van der Waals surface area (Å²) in [5.41, 5.74) is -3.76. The van der Waals surface area contributed by atoms with E-state index in [-0.39, 0.29) is 48.7 Å². The molecule has 3 saturated carbocycles. The molecule has 0 unspecified atom stereocenters. The van der Waals surface area contributed by atoms with E-state index in [9.17, 15) is 19.5 Å². The number of hydrogen-bond donors (Lipinski definition) is 1. The average molecular weight is 424 g/mol. The number of rotatable bonds is 3. The van der Waals surface area contributed by atoms with E-state index in [1.54, 1.807) is 6.92 Å². The zero-order valence-electron chi connectivity index (χ0n) is 17.7. The van der Waals surface area contributed by atoms with Crippen LogP contribution in [0.2, 0.25) is 0 Å². The minimum Gasteiger partial charge on any atom is -0.459 e. The second-order valence-electron chi connectivity index (χ2n) is 10.1. The van der Waals surface area contributed by atoms with Crippen molar-refractivity contribution in [1.29, 1.82) is 0 Å². The molecule has 0 amide bonds. The van der Waals surface area contributed by atoms with Gasteiger partial charge < -0.3 is 9.84 Å². The predicted octanol–water partition coefficient (Wildman–Crippen LogP) is 3.28. The molecule has 0 aromatic rings. The highest BCUT2D eigenvalue weighted by Gasteiger charge is 2.73. The van der Waals surface area contributed by atoms with Crippen molar-refractivity contribution in [1.82, 2.24) is 0 Å². The Hall–Kier alpha value is -1.63. The van der Waals surface area contributed by atoms with Gasteiger partial charge in [-0.2, -0.15) is 0 Å². The zero-order chi connectivity index (χ0) is 22.1. The maximum absolute atomic E-state index is 17.4. The molecule has 0 saturated heterocycles. The summed E-state index contributed by atoms with van der Waals surface area (Å²) in [6.07, 6.45) is 0.111. The van der Waals surface area contributed by atoms with Gasteiger partial charge in [0.2, 0.25) is 0 Å². The Labute approximate surface area is 175 Å². The number of fused-ring (bicyclic) bond motifs is 5. The van der Waals surface area contributed by atoms with Gasteiger partial charge in [0.15, 0.2) is 17.2 Å². The average Bonchev–Trinajstić information content (AvgIpc) is 3.01. The van der Waals surface area contributed by atoms with Crippen LogP contribution in [0.25, 0.3) is 0 Å². The fourth-order valence-electron chi connectivity index (χ4n) is 7.49. The van der Waals surface area contributed by atoms with Gasteiger partial charge in [-0.15, -0.1) is 0 Å². The molecule has 4 rings (SSSR count). The molecule has 30 heavy (non-hydrogen) atoms. The van der Waals surface area contributed by atoms with Crippen LogP contribution < -0.4 is 0 Å². The molecule has 0 aromatic heterocycles. The molecule has 1 N–H and O–H groups in total. The third kappa shape index (κ3) is 2.69. The normalized spacial score (nSPS) is 47.6. The Morgan fingerprint density at radius 2 is 1.97 bits per heavy atom. The molecule has 4 aliphatic carbocycles. The monoisotopic (exact) mass is 424 g/mol. The smallest absolute Gasteiger partial charge is 0.303 e. The summed E-state index contributed by atoms with van der Waals surface area (Å²) in [5, 5.41) is 9.45. The molecule has 0 bridgehead atoms. The number of aliphatic hydroxyl groups is 1. The van der Waals surface area contributed by atoms with E-state index < -0.39 is 53.2 Å². The molecule has 0 spiro atoms. The lowest BCUT2D eigenvalue weighted by atomic mass is 9.44. The van der Waals surface area contributed by atoms with Gasteiger partial charge in [0.05, 0.1) is 0 Å². The number of aliphatic hydroxyl groups excluding tert-OH is 1. The molecule has 3 fully saturated rings. The van der Waals surface area contributed by atoms with Gasteiger partial charge in [0.25, 0.3) is 0 Å². The third-order valence-electron chi connectivity index (χ3n) is 8.85. The van der Waals surface area contributed by atoms with E-state index in [2.05, 4.69) is 0 Å². The molecule has 0 aromatic carbocycles. The highest BCUT2D eigenvalue weighted by Crippen LogP contribution is 2.70. The lowest BCUT2D eigenvalue weighted by Gasteiger charge is -2.63. The lowest BCUT2D eigenvalue weighted by molar-refractivity contribution is -0.227. The summed E-state index contributed by atoms with van der Waals surface area (Å²) < 4.78 is 38.3. The number of ether oxygens (including phenoxy) is 1. The topological polar surface area (TPSA) is 80.7 Å². The molecule has 166 valence electrons. The van der Waals surface area contributed by atoms with Crippen LogP contribution in [0.3, 0.4) is 0 Å². The molecular formula is C23H30F2O5. The largest absolute Gasteiger partial charge is 0.459 e. The van der Waals surface area contributed by atoms with Crippen LogP contribution in [-0.4, -0.2) is 47.2 Å². The number of allylic oxidation sites excluding steroid dienone is 1. The lowest BCUT2D eigenvalue weighted by Crippen LogP contribution is -2.69. The van der Waals surface area contributed by atoms with Gasteiger partial charge in [0, 0.05) is 30.6 Å². The van der Waals surface area contributed by atoms with Crippen molar-refractivity contribution in [3.05, 3.63) is 11.6 Å². The Balaban J connectivity index is 1.86. The van der Waals surface area contributed by atoms with Crippen LogP contribution in [-0.2, 0) is 19.1 Å². The predicted molar refractivity (Wildman–Crippen MR) is 104 cm³/mol. The highest BCUT2D eigenvalue weighted by molar-refractivity contribution is 5.92. The van der Waals surface area contributed by atoms with Crippen molar-refractivity contribution in [2.75, 3.05) is 6.61 Å². The van der Waals surface area contributed by atoms with E-state index in [1.165, 1.54) is 13.0 Å². The number of Topliss-reactive ketones (excluding diaryl/α,β-unsaturated/α-hetero) is 1. The molecule has 5 nitrogen and oxygen atoms in total. The third-order valence-corrected chi connectivity index (χ3v) is 8.85. The fraction of sp³-hybridized carbons (Fsp3) is 0.783. The van der Waals surface area contributed by atoms with Gasteiger partial charge in [-0.25, -0.2) is 8.78 Å². The van der Waals surface area contributed by atoms with Crippen LogP contribution in [0.15, 0.2) is 11.6 Å². The van der Waals surface area contributed by atoms with E-state index in [1.807, 2.05) is 6.92 Å². The summed E-state index contributed by atoms with van der Waals surface area (Å²) in [6, 6.07) is 0. The molecule has 7 heteroatoms. The first-order valence-corrected chi connectivity index (χ1v) is 10.9. The van der Waals surface area contributed by atoms with Gasteiger partial charge >= 0.3 is 5.97 Å². The summed E-state index contributed by atoms with van der Waals surface area (Å²) in [4.78, 5) is 36.4. The van der Waals surface area contributed by atoms with Crippen molar-refractivity contribution in [2.45, 2.75) is 77.2 Å². The number of carbonyl (C=O) groups excluding carboxylic acids is 3. The van der Waals surface area contributed by atoms with Gasteiger partial charge in [0.1, 0.15) is 18.9 Å². The first-order valence-electron chi connectivity index (χ1n) is 10.9. The van der Waals surface area contributed by atoms with E-state index >= 15 is 8.78 Å². The van der Waals surface area contributed by atoms with Crippen LogP contribution >= 0.6 is 0 Å². The highest BCUT2D eigenvalue weighted by atomic mass is 19.1. The van der Waals surface area contributed by atoms with E-state index in [4.69, 9.17) is 4.74 Å². The van der Waals surface area contributed by atoms with Gasteiger partial charge in [-0.3, -0.25) is 14.4 Å². The van der Waals surface area contributed by atoms with Crippen LogP contribution in [0.1, 0.15) is 59.3 Å². The first-order chi connectivity index (χ1) is 14.0. The molecule has 4 aliphatic rings. The van der Waals surface area contributed by atoms with Crippen molar-refractivity contribution in [3.63, 3.8) is 0 Å². The standard InChI is InChI=1S/C23H30F2O5/c1-12(27)30-20-10-21(2)14(4-5-15(21)19(29)11-26)16-9-18(24)17-8-13(28)6-7-22(17,3)23(16,20)25/h8,14-16,18,20,26H,4-7,9-11H2,1-3H3/t14-,15+,16-,18-,20+,21-,22-,23-/m0/s1. The van der Waals surface area contributed by atoms with Crippen molar-refractivity contribution in [3.8, 4) is 0 Å². The second kappa shape index (κ2) is 6.94.